The van der Waals surface area contributed by atoms with E-state index in [-0.39, 0.29) is 18.1 Å². The van der Waals surface area contributed by atoms with Crippen molar-refractivity contribution in [3.8, 4) is 0 Å². The highest BCUT2D eigenvalue weighted by molar-refractivity contribution is 5.98. The maximum Gasteiger partial charge on any atom is 0.229 e. The fraction of sp³-hybridized carbons (Fsp3) is 0.385. The van der Waals surface area contributed by atoms with E-state index >= 15 is 0 Å². The fourth-order valence-corrected chi connectivity index (χ4v) is 1.98. The van der Waals surface area contributed by atoms with Gasteiger partial charge in [-0.2, -0.15) is 0 Å². The van der Waals surface area contributed by atoms with E-state index in [1.807, 2.05) is 6.07 Å². The molecule has 4 nitrogen and oxygen atoms in total. The minimum Gasteiger partial charge on any atom is -0.393 e. The van der Waals surface area contributed by atoms with Crippen molar-refractivity contribution in [2.24, 2.45) is 0 Å². The van der Waals surface area contributed by atoms with E-state index < -0.39 is 6.10 Å². The van der Waals surface area contributed by atoms with Crippen LogP contribution in [0.4, 0.5) is 5.69 Å². The van der Waals surface area contributed by atoms with Crippen molar-refractivity contribution in [3.63, 3.8) is 0 Å². The molecule has 1 aliphatic heterocycles. The van der Waals surface area contributed by atoms with E-state index in [0.717, 1.165) is 5.69 Å². The zero-order valence-corrected chi connectivity index (χ0v) is 9.72. The predicted octanol–water partition coefficient (Wildman–Crippen LogP) is 1.38. The SMILES string of the molecule is CC(=O)c1cccc(N2CCC(O)CC2=O)c1. The zero-order valence-electron chi connectivity index (χ0n) is 9.72. The molecule has 4 heteroatoms. The Kier molecular flexibility index (Phi) is 3.24. The van der Waals surface area contributed by atoms with Crippen molar-refractivity contribution in [3.05, 3.63) is 29.8 Å². The average Bonchev–Trinajstić information content (AvgIpc) is 2.29. The number of nitrogens with zero attached hydrogens (tertiary/aromatic N) is 1. The van der Waals surface area contributed by atoms with Gasteiger partial charge in [-0.15, -0.1) is 0 Å². The van der Waals surface area contributed by atoms with Gasteiger partial charge in [-0.1, -0.05) is 12.1 Å². The maximum atomic E-state index is 11.8. The van der Waals surface area contributed by atoms with Crippen molar-refractivity contribution < 1.29 is 14.7 Å². The molecule has 1 heterocycles. The summed E-state index contributed by atoms with van der Waals surface area (Å²) in [4.78, 5) is 24.7. The highest BCUT2D eigenvalue weighted by Crippen LogP contribution is 2.22. The molecule has 17 heavy (non-hydrogen) atoms. The van der Waals surface area contributed by atoms with E-state index in [4.69, 9.17) is 0 Å². The van der Waals surface area contributed by atoms with Crippen LogP contribution in [-0.2, 0) is 4.79 Å². The molecule has 1 unspecified atom stereocenters. The first-order chi connectivity index (χ1) is 8.08. The molecule has 0 saturated carbocycles. The third-order valence-corrected chi connectivity index (χ3v) is 2.96. The quantitative estimate of drug-likeness (QED) is 0.785. The molecule has 1 fully saturated rings. The fourth-order valence-electron chi connectivity index (χ4n) is 1.98. The standard InChI is InChI=1S/C13H15NO3/c1-9(15)10-3-2-4-11(7-10)14-6-5-12(16)8-13(14)17/h2-4,7,12,16H,5-6,8H2,1H3. The van der Waals surface area contributed by atoms with Crippen molar-refractivity contribution in [2.45, 2.75) is 25.9 Å². The number of Topliss-reactive ketones (excluding diaryl/α,β-unsaturated/α-hetero) is 1. The second-order valence-corrected chi connectivity index (χ2v) is 4.30. The van der Waals surface area contributed by atoms with Gasteiger partial charge in [0.2, 0.25) is 5.91 Å². The normalized spacial score (nSPS) is 20.5. The van der Waals surface area contributed by atoms with E-state index in [1.165, 1.54) is 6.92 Å². The van der Waals surface area contributed by atoms with Crippen LogP contribution < -0.4 is 4.90 Å². The molecule has 1 aliphatic rings. The number of amides is 1. The van der Waals surface area contributed by atoms with Gasteiger partial charge in [-0.25, -0.2) is 0 Å². The van der Waals surface area contributed by atoms with Gasteiger partial charge in [0.05, 0.1) is 12.5 Å². The number of hydrogen-bond acceptors (Lipinski definition) is 3. The Morgan fingerprint density at radius 1 is 1.47 bits per heavy atom. The minimum absolute atomic E-state index is 0.0173. The third-order valence-electron chi connectivity index (χ3n) is 2.96. The Morgan fingerprint density at radius 3 is 2.88 bits per heavy atom. The number of aliphatic hydroxyl groups excluding tert-OH is 1. The van der Waals surface area contributed by atoms with Crippen LogP contribution in [0.15, 0.2) is 24.3 Å². The van der Waals surface area contributed by atoms with Crippen LogP contribution in [0.5, 0.6) is 0 Å². The molecule has 0 aromatic heterocycles. The molecule has 1 amide bonds. The van der Waals surface area contributed by atoms with E-state index in [2.05, 4.69) is 0 Å². The summed E-state index contributed by atoms with van der Waals surface area (Å²) in [6.45, 7) is 2.00. The van der Waals surface area contributed by atoms with Crippen LogP contribution in [0.3, 0.4) is 0 Å². The summed E-state index contributed by atoms with van der Waals surface area (Å²) in [5.74, 6) is -0.110. The lowest BCUT2D eigenvalue weighted by Gasteiger charge is -2.29. The van der Waals surface area contributed by atoms with Crippen molar-refractivity contribution in [1.29, 1.82) is 0 Å². The Labute approximate surface area is 99.9 Å². The van der Waals surface area contributed by atoms with Gasteiger partial charge in [-0.3, -0.25) is 9.59 Å². The molecular weight excluding hydrogens is 218 g/mol. The van der Waals surface area contributed by atoms with Crippen LogP contribution in [0.25, 0.3) is 0 Å². The molecule has 0 bridgehead atoms. The summed E-state index contributed by atoms with van der Waals surface area (Å²) < 4.78 is 0. The number of rotatable bonds is 2. The Balaban J connectivity index is 2.25. The molecule has 1 aromatic rings. The number of aliphatic hydroxyl groups is 1. The molecule has 0 aliphatic carbocycles. The monoisotopic (exact) mass is 233 g/mol. The van der Waals surface area contributed by atoms with Gasteiger partial charge in [0.1, 0.15) is 0 Å². The van der Waals surface area contributed by atoms with Gasteiger partial charge >= 0.3 is 0 Å². The summed E-state index contributed by atoms with van der Waals surface area (Å²) in [7, 11) is 0. The van der Waals surface area contributed by atoms with Gasteiger partial charge in [0.25, 0.3) is 0 Å². The second kappa shape index (κ2) is 4.67. The summed E-state index contributed by atoms with van der Waals surface area (Å²) in [5.41, 5.74) is 1.33. The number of piperidine rings is 1. The van der Waals surface area contributed by atoms with E-state index in [0.29, 0.717) is 18.5 Å². The minimum atomic E-state index is -0.533. The van der Waals surface area contributed by atoms with Gasteiger partial charge in [-0.05, 0) is 25.5 Å². The summed E-state index contributed by atoms with van der Waals surface area (Å²) >= 11 is 0. The van der Waals surface area contributed by atoms with E-state index in [9.17, 15) is 14.7 Å². The van der Waals surface area contributed by atoms with Gasteiger partial charge in [0.15, 0.2) is 5.78 Å². The number of hydrogen-bond donors (Lipinski definition) is 1. The van der Waals surface area contributed by atoms with Crippen LogP contribution in [0.1, 0.15) is 30.1 Å². The number of ketones is 1. The Morgan fingerprint density at radius 2 is 2.24 bits per heavy atom. The first-order valence-electron chi connectivity index (χ1n) is 5.67. The zero-order chi connectivity index (χ0) is 12.4. The van der Waals surface area contributed by atoms with Gasteiger partial charge in [0, 0.05) is 17.8 Å². The molecular formula is C13H15NO3. The smallest absolute Gasteiger partial charge is 0.229 e. The molecule has 1 atom stereocenters. The topological polar surface area (TPSA) is 57.6 Å². The lowest BCUT2D eigenvalue weighted by Crippen LogP contribution is -2.40. The average molecular weight is 233 g/mol. The largest absolute Gasteiger partial charge is 0.393 e. The molecule has 2 rings (SSSR count). The highest BCUT2D eigenvalue weighted by atomic mass is 16.3. The molecule has 0 radical (unpaired) electrons. The molecule has 1 saturated heterocycles. The molecule has 1 aromatic carbocycles. The van der Waals surface area contributed by atoms with Gasteiger partial charge < -0.3 is 10.0 Å². The second-order valence-electron chi connectivity index (χ2n) is 4.30. The van der Waals surface area contributed by atoms with Crippen LogP contribution in [0, 0.1) is 0 Å². The Bertz CT molecular complexity index is 456. The lowest BCUT2D eigenvalue weighted by molar-refractivity contribution is -0.122. The predicted molar refractivity (Wildman–Crippen MR) is 64.0 cm³/mol. The summed E-state index contributed by atoms with van der Waals surface area (Å²) in [6.07, 6.45) is 0.204. The first-order valence-corrected chi connectivity index (χ1v) is 5.67. The number of carbonyl (C=O) groups is 2. The van der Waals surface area contributed by atoms with Crippen LogP contribution in [-0.4, -0.2) is 29.4 Å². The first kappa shape index (κ1) is 11.8. The highest BCUT2D eigenvalue weighted by Gasteiger charge is 2.25. The van der Waals surface area contributed by atoms with Crippen molar-refractivity contribution >= 4 is 17.4 Å². The number of carbonyl (C=O) groups excluding carboxylic acids is 2. The van der Waals surface area contributed by atoms with Crippen molar-refractivity contribution in [1.82, 2.24) is 0 Å². The third kappa shape index (κ3) is 2.53. The van der Waals surface area contributed by atoms with E-state index in [1.54, 1.807) is 23.1 Å². The molecule has 90 valence electrons. The van der Waals surface area contributed by atoms with Crippen molar-refractivity contribution in [2.75, 3.05) is 11.4 Å². The maximum absolute atomic E-state index is 11.8. The number of anilines is 1. The number of benzene rings is 1. The summed E-state index contributed by atoms with van der Waals surface area (Å²) in [5, 5.41) is 9.39. The summed E-state index contributed by atoms with van der Waals surface area (Å²) in [6, 6.07) is 7.03. The lowest BCUT2D eigenvalue weighted by atomic mass is 10.0. The van der Waals surface area contributed by atoms with Crippen LogP contribution in [0.2, 0.25) is 0 Å². The Hall–Kier alpha value is -1.68. The molecule has 1 N–H and O–H groups in total. The van der Waals surface area contributed by atoms with Crippen LogP contribution >= 0.6 is 0 Å². The molecule has 0 spiro atoms.